The minimum atomic E-state index is 0.445. The molecule has 7 nitrogen and oxygen atoms in total. The van der Waals surface area contributed by atoms with Gasteiger partial charge in [0.2, 0.25) is 0 Å². The lowest BCUT2D eigenvalue weighted by Gasteiger charge is -2.20. The molecule has 5 aromatic heterocycles. The van der Waals surface area contributed by atoms with E-state index in [4.69, 9.17) is 16.5 Å². The molecule has 0 unspecified atom stereocenters. The van der Waals surface area contributed by atoms with Gasteiger partial charge in [0.25, 0.3) is 0 Å². The summed E-state index contributed by atoms with van der Waals surface area (Å²) in [4.78, 5) is 15.0. The van der Waals surface area contributed by atoms with Crippen LogP contribution in [-0.2, 0) is 0 Å². The van der Waals surface area contributed by atoms with Crippen LogP contribution in [0.5, 0.6) is 0 Å². The maximum absolute atomic E-state index is 9.02. The van der Waals surface area contributed by atoms with E-state index in [-0.39, 0.29) is 0 Å². The third-order valence-electron chi connectivity index (χ3n) is 15.8. The summed E-state index contributed by atoms with van der Waals surface area (Å²) in [6, 6.07) is 92.4. The molecular weight excluding hydrogens is 951 g/mol. The zero-order valence-corrected chi connectivity index (χ0v) is 42.0. The number of fused-ring (bicyclic) bond motifs is 12. The molecule has 0 saturated carbocycles. The second-order valence-electron chi connectivity index (χ2n) is 20.0. The molecule has 0 saturated heterocycles. The Kier molecular flexibility index (Phi) is 9.56. The van der Waals surface area contributed by atoms with E-state index in [2.05, 4.69) is 242 Å². The maximum Gasteiger partial charge on any atom is 0.200 e. The van der Waals surface area contributed by atoms with Crippen LogP contribution in [-0.4, -0.2) is 28.2 Å². The molecule has 0 atom stereocenters. The third-order valence-corrected chi connectivity index (χ3v) is 15.8. The highest BCUT2D eigenvalue weighted by molar-refractivity contribution is 6.15. The predicted molar refractivity (Wildman–Crippen MR) is 322 cm³/mol. The smallest absolute Gasteiger partial charge is 0.200 e. The largest absolute Gasteiger partial charge is 0.309 e. The van der Waals surface area contributed by atoms with Crippen molar-refractivity contribution in [2.75, 3.05) is 0 Å². The third kappa shape index (κ3) is 6.51. The van der Waals surface area contributed by atoms with Gasteiger partial charge in [0.15, 0.2) is 5.69 Å². The van der Waals surface area contributed by atoms with Crippen molar-refractivity contribution in [2.24, 2.45) is 0 Å². The lowest BCUT2D eigenvalue weighted by atomic mass is 10.0. The minimum absolute atomic E-state index is 0.445. The Bertz CT molecular complexity index is 5000. The average Bonchev–Trinajstić information content (AvgIpc) is 4.44. The summed E-state index contributed by atoms with van der Waals surface area (Å²) in [5.74, 6) is 0.474. The summed E-state index contributed by atoms with van der Waals surface area (Å²) < 4.78 is 9.51. The summed E-state index contributed by atoms with van der Waals surface area (Å²) in [5.41, 5.74) is 17.2. The molecule has 0 aliphatic rings. The number of hydrogen-bond acceptors (Lipinski definition) is 2. The van der Waals surface area contributed by atoms with E-state index in [1.54, 1.807) is 0 Å². The predicted octanol–water partition coefficient (Wildman–Crippen LogP) is 18.4. The van der Waals surface area contributed by atoms with E-state index in [0.29, 0.717) is 17.1 Å². The molecule has 0 aliphatic carbocycles. The first-order valence-corrected chi connectivity index (χ1v) is 26.3. The highest BCUT2D eigenvalue weighted by Gasteiger charge is 2.25. The zero-order chi connectivity index (χ0) is 51.4. The van der Waals surface area contributed by atoms with Gasteiger partial charge in [0.1, 0.15) is 5.82 Å². The van der Waals surface area contributed by atoms with Crippen LogP contribution in [0, 0.1) is 6.57 Å². The first kappa shape index (κ1) is 43.6. The van der Waals surface area contributed by atoms with Gasteiger partial charge in [-0.15, -0.1) is 0 Å². The van der Waals surface area contributed by atoms with Crippen molar-refractivity contribution in [3.63, 3.8) is 0 Å². The van der Waals surface area contributed by atoms with Crippen LogP contribution in [0.25, 0.3) is 149 Å². The lowest BCUT2D eigenvalue weighted by molar-refractivity contribution is 1.09. The second-order valence-corrected chi connectivity index (χ2v) is 20.0. The summed E-state index contributed by atoms with van der Waals surface area (Å²) in [6.45, 7) is 9.02. The van der Waals surface area contributed by atoms with E-state index >= 15 is 0 Å². The number of rotatable bonds is 7. The van der Waals surface area contributed by atoms with Gasteiger partial charge in [-0.05, 0) is 91.0 Å². The summed E-state index contributed by atoms with van der Waals surface area (Å²) >= 11 is 0. The Morgan fingerprint density at radius 2 is 0.603 bits per heavy atom. The molecule has 16 aromatic rings. The van der Waals surface area contributed by atoms with Gasteiger partial charge in [-0.25, -0.2) is 14.8 Å². The van der Waals surface area contributed by atoms with E-state index in [1.165, 1.54) is 21.5 Å². The number of aromatic nitrogens is 6. The van der Waals surface area contributed by atoms with Crippen LogP contribution < -0.4 is 0 Å². The molecule has 7 heteroatoms. The molecule has 0 aliphatic heterocycles. The molecule has 0 bridgehead atoms. The van der Waals surface area contributed by atoms with Crippen molar-refractivity contribution in [2.45, 2.75) is 0 Å². The lowest BCUT2D eigenvalue weighted by Crippen LogP contribution is -2.05. The van der Waals surface area contributed by atoms with Crippen molar-refractivity contribution in [3.8, 4) is 56.7 Å². The summed E-state index contributed by atoms with van der Waals surface area (Å²) in [6.07, 6.45) is 0. The van der Waals surface area contributed by atoms with E-state index in [1.807, 2.05) is 42.5 Å². The Morgan fingerprint density at radius 1 is 0.282 bits per heavy atom. The Labute approximate surface area is 447 Å². The zero-order valence-electron chi connectivity index (χ0n) is 42.0. The number of hydrogen-bond donors (Lipinski definition) is 0. The van der Waals surface area contributed by atoms with Gasteiger partial charge in [0.05, 0.1) is 73.5 Å². The molecule has 0 amide bonds. The fraction of sp³-hybridized carbons (Fsp3) is 0. The normalized spacial score (nSPS) is 11.8. The highest BCUT2D eigenvalue weighted by atomic mass is 15.1. The average molecular weight is 994 g/mol. The molecule has 11 aromatic carbocycles. The van der Waals surface area contributed by atoms with Crippen molar-refractivity contribution in [1.29, 1.82) is 0 Å². The molecular formula is C71H43N7. The van der Waals surface area contributed by atoms with Gasteiger partial charge in [0, 0.05) is 71.2 Å². The first-order chi connectivity index (χ1) is 38.7. The van der Waals surface area contributed by atoms with Crippen LogP contribution in [0.4, 0.5) is 5.69 Å². The van der Waals surface area contributed by atoms with E-state index < -0.39 is 0 Å². The van der Waals surface area contributed by atoms with Crippen LogP contribution >= 0.6 is 0 Å². The van der Waals surface area contributed by atoms with Crippen LogP contribution in [0.15, 0.2) is 261 Å². The van der Waals surface area contributed by atoms with Crippen molar-refractivity contribution in [3.05, 3.63) is 272 Å². The van der Waals surface area contributed by atoms with Crippen LogP contribution in [0.1, 0.15) is 0 Å². The molecule has 5 heterocycles. The Hall–Kier alpha value is -10.8. The van der Waals surface area contributed by atoms with Crippen molar-refractivity contribution in [1.82, 2.24) is 28.2 Å². The molecule has 0 N–H and O–H groups in total. The maximum atomic E-state index is 9.02. The highest BCUT2D eigenvalue weighted by Crippen LogP contribution is 2.45. The summed E-state index contributed by atoms with van der Waals surface area (Å²) in [7, 11) is 0. The summed E-state index contributed by atoms with van der Waals surface area (Å²) in [5, 5.41) is 9.31. The molecule has 16 rings (SSSR count). The topological polar surface area (TPSA) is 49.9 Å². The van der Waals surface area contributed by atoms with Gasteiger partial charge in [-0.1, -0.05) is 170 Å². The monoisotopic (exact) mass is 993 g/mol. The first-order valence-electron chi connectivity index (χ1n) is 26.3. The van der Waals surface area contributed by atoms with Crippen molar-refractivity contribution < 1.29 is 0 Å². The minimum Gasteiger partial charge on any atom is -0.309 e. The number of benzene rings is 11. The van der Waals surface area contributed by atoms with Gasteiger partial charge < -0.3 is 18.3 Å². The second kappa shape index (κ2) is 17.1. The number of nitrogens with zero attached hydrogens (tertiary/aromatic N) is 7. The van der Waals surface area contributed by atoms with Gasteiger partial charge in [-0.2, -0.15) is 0 Å². The Balaban J connectivity index is 0.999. The van der Waals surface area contributed by atoms with Gasteiger partial charge in [-0.3, -0.25) is 0 Å². The van der Waals surface area contributed by atoms with Crippen LogP contribution in [0.3, 0.4) is 0 Å². The van der Waals surface area contributed by atoms with Gasteiger partial charge >= 0.3 is 0 Å². The van der Waals surface area contributed by atoms with E-state index in [9.17, 15) is 0 Å². The molecule has 78 heavy (non-hydrogen) atoms. The molecule has 362 valence electrons. The fourth-order valence-corrected chi connectivity index (χ4v) is 12.4. The quantitative estimate of drug-likeness (QED) is 0.149. The number of para-hydroxylation sites is 6. The van der Waals surface area contributed by atoms with E-state index in [0.717, 1.165) is 111 Å². The van der Waals surface area contributed by atoms with Crippen LogP contribution in [0.2, 0.25) is 0 Å². The Morgan fingerprint density at radius 3 is 0.987 bits per heavy atom. The molecule has 0 radical (unpaired) electrons. The molecule has 0 fully saturated rings. The standard InChI is InChI=1S/C71H43N7/c1-72-60-44-70(78-66-35-19-13-29-54(66)56-41-48(37-39-68(56)78)76-63-32-16-10-26-51(63)52-27-11-17-33-64(52)76)69(42-57(60)71-73-58(45-20-4-2-5-21-45)43-59(74-71)46-22-6-3-7-23-46)77-65-34-18-12-28-53(65)55-40-47(36-38-67(55)77)75-61-30-14-8-24-49(61)50-25-9-15-31-62(50)75/h2-44H. The van der Waals surface area contributed by atoms with Crippen molar-refractivity contribution >= 4 is 92.9 Å². The fourth-order valence-electron chi connectivity index (χ4n) is 12.4. The SMILES string of the molecule is [C-]#[N+]c1cc(-n2c3ccccc3c3cc(-n4c5ccccc5c5ccccc54)ccc32)c(-n2c3ccccc3c3cc(-n4c5ccccc5c5ccccc54)ccc32)cc1-c1nc(-c2ccccc2)cc(-c2ccccc2)n1. The molecule has 0 spiro atoms.